The van der Waals surface area contributed by atoms with E-state index in [-0.39, 0.29) is 12.3 Å². The second kappa shape index (κ2) is 3.35. The van der Waals surface area contributed by atoms with Gasteiger partial charge in [-0.15, -0.1) is 0 Å². The molecular weight excluding hydrogens is 176 g/mol. The lowest BCUT2D eigenvalue weighted by Crippen LogP contribution is -2.19. The molecular formula is C11H8N2O. The van der Waals surface area contributed by atoms with E-state index in [9.17, 15) is 4.79 Å². The fourth-order valence-electron chi connectivity index (χ4n) is 1.38. The van der Waals surface area contributed by atoms with Crippen molar-refractivity contribution >= 4 is 11.6 Å². The lowest BCUT2D eigenvalue weighted by atomic mass is 10.3. The van der Waals surface area contributed by atoms with E-state index in [4.69, 9.17) is 6.57 Å². The van der Waals surface area contributed by atoms with Crippen molar-refractivity contribution in [3.63, 3.8) is 0 Å². The third-order valence-corrected chi connectivity index (χ3v) is 2.06. The van der Waals surface area contributed by atoms with E-state index < -0.39 is 0 Å². The summed E-state index contributed by atoms with van der Waals surface area (Å²) in [4.78, 5) is 16.3. The Bertz CT molecular complexity index is 428. The van der Waals surface area contributed by atoms with E-state index in [2.05, 4.69) is 4.85 Å². The Kier molecular flexibility index (Phi) is 2.04. The average Bonchev–Trinajstić information content (AvgIpc) is 2.61. The highest BCUT2D eigenvalue weighted by molar-refractivity contribution is 5.99. The standard InChI is InChI=1S/C11H8N2O/c1-12-9-7-11(14)13(8-9)10-5-3-2-4-6-10/h2-6,8H,7H2. The summed E-state index contributed by atoms with van der Waals surface area (Å²) in [6.07, 6.45) is 1.82. The van der Waals surface area contributed by atoms with Crippen LogP contribution in [0.2, 0.25) is 0 Å². The zero-order valence-electron chi connectivity index (χ0n) is 7.47. The smallest absolute Gasteiger partial charge is 0.224 e. The predicted molar refractivity (Wildman–Crippen MR) is 53.2 cm³/mol. The van der Waals surface area contributed by atoms with Gasteiger partial charge in [-0.1, -0.05) is 18.2 Å². The van der Waals surface area contributed by atoms with Gasteiger partial charge in [0.2, 0.25) is 5.91 Å². The second-order valence-corrected chi connectivity index (χ2v) is 3.01. The zero-order chi connectivity index (χ0) is 9.97. The van der Waals surface area contributed by atoms with Gasteiger partial charge in [-0.3, -0.25) is 9.69 Å². The molecule has 0 aromatic heterocycles. The molecule has 0 saturated carbocycles. The van der Waals surface area contributed by atoms with Gasteiger partial charge in [-0.25, -0.2) is 4.85 Å². The van der Waals surface area contributed by atoms with Gasteiger partial charge in [-0.2, -0.15) is 0 Å². The summed E-state index contributed by atoms with van der Waals surface area (Å²) in [5.41, 5.74) is 1.31. The minimum absolute atomic E-state index is 0.0396. The zero-order valence-corrected chi connectivity index (χ0v) is 7.47. The maximum absolute atomic E-state index is 11.5. The van der Waals surface area contributed by atoms with Crippen LogP contribution in [0.5, 0.6) is 0 Å². The van der Waals surface area contributed by atoms with Crippen LogP contribution >= 0.6 is 0 Å². The Hall–Kier alpha value is -2.08. The van der Waals surface area contributed by atoms with Crippen molar-refractivity contribution in [1.29, 1.82) is 0 Å². The summed E-state index contributed by atoms with van der Waals surface area (Å²) >= 11 is 0. The van der Waals surface area contributed by atoms with Gasteiger partial charge in [0.25, 0.3) is 0 Å². The molecule has 0 fully saturated rings. The first-order valence-corrected chi connectivity index (χ1v) is 4.26. The van der Waals surface area contributed by atoms with Crippen molar-refractivity contribution in [1.82, 2.24) is 0 Å². The summed E-state index contributed by atoms with van der Waals surface area (Å²) in [7, 11) is 0. The third kappa shape index (κ3) is 1.38. The van der Waals surface area contributed by atoms with Gasteiger partial charge in [0.15, 0.2) is 5.70 Å². The molecule has 0 unspecified atom stereocenters. The molecule has 0 aliphatic carbocycles. The number of para-hydroxylation sites is 1. The van der Waals surface area contributed by atoms with Gasteiger partial charge in [0.1, 0.15) is 0 Å². The van der Waals surface area contributed by atoms with Crippen molar-refractivity contribution in [3.05, 3.63) is 53.6 Å². The molecule has 0 radical (unpaired) electrons. The number of nitrogens with zero attached hydrogens (tertiary/aromatic N) is 2. The van der Waals surface area contributed by atoms with E-state index in [0.717, 1.165) is 5.69 Å². The lowest BCUT2D eigenvalue weighted by molar-refractivity contribution is -0.116. The van der Waals surface area contributed by atoms with E-state index >= 15 is 0 Å². The number of hydrogen-bond donors (Lipinski definition) is 0. The molecule has 1 aliphatic heterocycles. The molecule has 68 valence electrons. The molecule has 0 spiro atoms. The first-order chi connectivity index (χ1) is 6.81. The fraction of sp³-hybridized carbons (Fsp3) is 0.0909. The Morgan fingerprint density at radius 3 is 2.57 bits per heavy atom. The minimum Gasteiger partial charge on any atom is -0.299 e. The largest absolute Gasteiger partial charge is 0.299 e. The van der Waals surface area contributed by atoms with Crippen molar-refractivity contribution < 1.29 is 4.79 Å². The fourth-order valence-corrected chi connectivity index (χ4v) is 1.38. The Balaban J connectivity index is 2.34. The predicted octanol–water partition coefficient (Wildman–Crippen LogP) is 2.18. The normalized spacial score (nSPS) is 15.2. The number of carbonyl (C=O) groups excluding carboxylic acids is 1. The van der Waals surface area contributed by atoms with Crippen LogP contribution < -0.4 is 4.90 Å². The van der Waals surface area contributed by atoms with Crippen LogP contribution in [0.1, 0.15) is 6.42 Å². The topological polar surface area (TPSA) is 24.7 Å². The maximum atomic E-state index is 11.5. The second-order valence-electron chi connectivity index (χ2n) is 3.01. The summed E-state index contributed by atoms with van der Waals surface area (Å²) < 4.78 is 0. The molecule has 0 atom stereocenters. The highest BCUT2D eigenvalue weighted by Crippen LogP contribution is 2.23. The summed E-state index contributed by atoms with van der Waals surface area (Å²) in [6.45, 7) is 6.82. The van der Waals surface area contributed by atoms with E-state index in [1.807, 2.05) is 30.3 Å². The van der Waals surface area contributed by atoms with Crippen LogP contribution in [0.25, 0.3) is 4.85 Å². The molecule has 0 bridgehead atoms. The van der Waals surface area contributed by atoms with Gasteiger partial charge in [-0.05, 0) is 12.1 Å². The Labute approximate surface area is 82.1 Å². The highest BCUT2D eigenvalue weighted by atomic mass is 16.2. The number of benzene rings is 1. The lowest BCUT2D eigenvalue weighted by Gasteiger charge is -2.13. The first-order valence-electron chi connectivity index (χ1n) is 4.26. The van der Waals surface area contributed by atoms with Crippen LogP contribution in [0, 0.1) is 6.57 Å². The van der Waals surface area contributed by atoms with Crippen LogP contribution in [-0.4, -0.2) is 5.91 Å². The number of carbonyl (C=O) groups is 1. The van der Waals surface area contributed by atoms with Gasteiger partial charge >= 0.3 is 0 Å². The highest BCUT2D eigenvalue weighted by Gasteiger charge is 2.22. The summed E-state index contributed by atoms with van der Waals surface area (Å²) in [5.74, 6) is -0.0396. The van der Waals surface area contributed by atoms with Crippen LogP contribution in [0.3, 0.4) is 0 Å². The molecule has 3 nitrogen and oxygen atoms in total. The Morgan fingerprint density at radius 2 is 2.00 bits per heavy atom. The SMILES string of the molecule is [C-]#[N+]C1=CN(c2ccccc2)C(=O)C1. The van der Waals surface area contributed by atoms with Crippen molar-refractivity contribution in [2.45, 2.75) is 6.42 Å². The minimum atomic E-state index is -0.0396. The van der Waals surface area contributed by atoms with Gasteiger partial charge in [0, 0.05) is 11.9 Å². The van der Waals surface area contributed by atoms with Crippen molar-refractivity contribution in [2.24, 2.45) is 0 Å². The van der Waals surface area contributed by atoms with Gasteiger partial charge in [0.05, 0.1) is 13.0 Å². The number of hydrogen-bond acceptors (Lipinski definition) is 1. The maximum Gasteiger partial charge on any atom is 0.224 e. The first kappa shape index (κ1) is 8.52. The molecule has 3 heteroatoms. The van der Waals surface area contributed by atoms with Crippen molar-refractivity contribution in [3.8, 4) is 0 Å². The Morgan fingerprint density at radius 1 is 1.29 bits per heavy atom. The van der Waals surface area contributed by atoms with E-state index in [0.29, 0.717) is 5.70 Å². The van der Waals surface area contributed by atoms with Crippen molar-refractivity contribution in [2.75, 3.05) is 4.90 Å². The number of rotatable bonds is 1. The quantitative estimate of drug-likeness (QED) is 0.614. The molecule has 1 aromatic rings. The van der Waals surface area contributed by atoms with Gasteiger partial charge < -0.3 is 0 Å². The molecule has 0 saturated heterocycles. The summed E-state index contributed by atoms with van der Waals surface area (Å²) in [6, 6.07) is 9.32. The van der Waals surface area contributed by atoms with E-state index in [1.54, 1.807) is 6.20 Å². The monoisotopic (exact) mass is 184 g/mol. The molecule has 1 aromatic carbocycles. The molecule has 1 aliphatic rings. The molecule has 0 N–H and O–H groups in total. The molecule has 14 heavy (non-hydrogen) atoms. The average molecular weight is 184 g/mol. The summed E-state index contributed by atoms with van der Waals surface area (Å²) in [5, 5.41) is 0. The third-order valence-electron chi connectivity index (χ3n) is 2.06. The van der Waals surface area contributed by atoms with Crippen LogP contribution in [0.4, 0.5) is 5.69 Å². The number of amides is 1. The van der Waals surface area contributed by atoms with E-state index in [1.165, 1.54) is 4.90 Å². The molecule has 1 amide bonds. The van der Waals surface area contributed by atoms with Crippen LogP contribution in [0.15, 0.2) is 42.2 Å². The molecule has 2 rings (SSSR count). The number of anilines is 1. The van der Waals surface area contributed by atoms with Crippen LogP contribution in [-0.2, 0) is 4.79 Å². The molecule has 1 heterocycles.